The Balaban J connectivity index is 3.64. The fourth-order valence-corrected chi connectivity index (χ4v) is 2.21. The molecule has 0 spiro atoms. The molecule has 0 aliphatic carbocycles. The summed E-state index contributed by atoms with van der Waals surface area (Å²) < 4.78 is 60.8. The quantitative estimate of drug-likeness (QED) is 0.782. The molecule has 0 aliphatic rings. The predicted molar refractivity (Wildman–Crippen MR) is 56.2 cm³/mol. The van der Waals surface area contributed by atoms with Crippen molar-refractivity contribution >= 4 is 26.3 Å². The lowest BCUT2D eigenvalue weighted by molar-refractivity contribution is 0.481. The molecule has 0 saturated heterocycles. The first-order chi connectivity index (χ1) is 7.14. The van der Waals surface area contributed by atoms with E-state index in [2.05, 4.69) is 6.58 Å². The summed E-state index contributed by atoms with van der Waals surface area (Å²) in [5.41, 5.74) is 0.141. The Kier molecular flexibility index (Phi) is 3.20. The molecule has 0 heterocycles. The molecule has 2 N–H and O–H groups in total. The SMILES string of the molecule is C=Cc1cc(S(=O)(=O)O)cc(S(=O)(=O)O)c1. The van der Waals surface area contributed by atoms with Crippen molar-refractivity contribution in [1.82, 2.24) is 0 Å². The molecule has 88 valence electrons. The average Bonchev–Trinajstić information content (AvgIpc) is 2.14. The van der Waals surface area contributed by atoms with Crippen molar-refractivity contribution in [2.75, 3.05) is 0 Å². The zero-order valence-corrected chi connectivity index (χ0v) is 9.49. The largest absolute Gasteiger partial charge is 0.294 e. The maximum absolute atomic E-state index is 10.8. The third-order valence-electron chi connectivity index (χ3n) is 1.73. The Morgan fingerprint density at radius 1 is 0.938 bits per heavy atom. The third-order valence-corrected chi connectivity index (χ3v) is 3.40. The minimum atomic E-state index is -4.54. The van der Waals surface area contributed by atoms with E-state index >= 15 is 0 Å². The molecule has 0 unspecified atom stereocenters. The van der Waals surface area contributed by atoms with Gasteiger partial charge >= 0.3 is 0 Å². The highest BCUT2D eigenvalue weighted by molar-refractivity contribution is 7.86. The monoisotopic (exact) mass is 264 g/mol. The molecule has 0 amide bonds. The number of benzene rings is 1. The minimum absolute atomic E-state index is 0.141. The molecule has 0 saturated carbocycles. The van der Waals surface area contributed by atoms with Gasteiger partial charge in [-0.05, 0) is 23.8 Å². The molecular weight excluding hydrogens is 256 g/mol. The Hall–Kier alpha value is -1.22. The van der Waals surface area contributed by atoms with Crippen LogP contribution in [0.3, 0.4) is 0 Å². The van der Waals surface area contributed by atoms with Crippen molar-refractivity contribution in [2.45, 2.75) is 9.79 Å². The van der Waals surface area contributed by atoms with E-state index in [1.807, 2.05) is 0 Å². The van der Waals surface area contributed by atoms with Crippen molar-refractivity contribution in [2.24, 2.45) is 0 Å². The van der Waals surface area contributed by atoms with Gasteiger partial charge in [0.2, 0.25) is 0 Å². The molecule has 0 bridgehead atoms. The van der Waals surface area contributed by atoms with Crippen LogP contribution in [-0.2, 0) is 20.2 Å². The summed E-state index contributed by atoms with van der Waals surface area (Å²) in [6.07, 6.45) is 1.18. The molecule has 1 aromatic carbocycles. The summed E-state index contributed by atoms with van der Waals surface area (Å²) in [5, 5.41) is 0. The first-order valence-electron chi connectivity index (χ1n) is 3.87. The van der Waals surface area contributed by atoms with Crippen LogP contribution in [0.4, 0.5) is 0 Å². The second-order valence-corrected chi connectivity index (χ2v) is 5.74. The zero-order valence-electron chi connectivity index (χ0n) is 7.86. The molecule has 8 heteroatoms. The van der Waals surface area contributed by atoms with Crippen LogP contribution in [0, 0.1) is 0 Å². The lowest BCUT2D eigenvalue weighted by atomic mass is 10.2. The molecule has 1 rings (SSSR count). The van der Waals surface area contributed by atoms with Gasteiger partial charge in [0.05, 0.1) is 9.79 Å². The van der Waals surface area contributed by atoms with Gasteiger partial charge in [-0.15, -0.1) is 0 Å². The second kappa shape index (κ2) is 3.98. The summed E-state index contributed by atoms with van der Waals surface area (Å²) in [5.74, 6) is 0. The van der Waals surface area contributed by atoms with Gasteiger partial charge in [-0.25, -0.2) is 0 Å². The molecule has 0 aromatic heterocycles. The van der Waals surface area contributed by atoms with Gasteiger partial charge in [-0.1, -0.05) is 12.7 Å². The lowest BCUT2D eigenvalue weighted by Crippen LogP contribution is -2.03. The van der Waals surface area contributed by atoms with E-state index in [4.69, 9.17) is 9.11 Å². The molecule has 0 atom stereocenters. The van der Waals surface area contributed by atoms with E-state index in [0.717, 1.165) is 12.1 Å². The smallest absolute Gasteiger partial charge is 0.282 e. The molecule has 16 heavy (non-hydrogen) atoms. The van der Waals surface area contributed by atoms with Crippen molar-refractivity contribution in [1.29, 1.82) is 0 Å². The normalized spacial score (nSPS) is 12.4. The third kappa shape index (κ3) is 2.89. The maximum Gasteiger partial charge on any atom is 0.294 e. The fourth-order valence-electron chi connectivity index (χ4n) is 1.01. The average molecular weight is 264 g/mol. The Morgan fingerprint density at radius 3 is 1.56 bits per heavy atom. The van der Waals surface area contributed by atoms with Crippen LogP contribution in [0.15, 0.2) is 34.6 Å². The van der Waals surface area contributed by atoms with Gasteiger partial charge in [0.15, 0.2) is 0 Å². The topological polar surface area (TPSA) is 109 Å². The van der Waals surface area contributed by atoms with Crippen LogP contribution in [0.1, 0.15) is 5.56 Å². The van der Waals surface area contributed by atoms with Gasteiger partial charge in [0, 0.05) is 0 Å². The van der Waals surface area contributed by atoms with E-state index in [0.29, 0.717) is 6.07 Å². The molecule has 6 nitrogen and oxygen atoms in total. The van der Waals surface area contributed by atoms with Gasteiger partial charge in [0.25, 0.3) is 20.2 Å². The Labute approximate surface area is 92.7 Å². The van der Waals surface area contributed by atoms with Crippen LogP contribution < -0.4 is 0 Å². The Bertz CT molecular complexity index is 576. The summed E-state index contributed by atoms with van der Waals surface area (Å²) in [6, 6.07) is 2.70. The number of hydrogen-bond donors (Lipinski definition) is 2. The first kappa shape index (κ1) is 12.8. The van der Waals surface area contributed by atoms with Crippen LogP contribution in [0.25, 0.3) is 6.08 Å². The van der Waals surface area contributed by atoms with Gasteiger partial charge in [0.1, 0.15) is 0 Å². The van der Waals surface area contributed by atoms with Crippen molar-refractivity contribution in [3.05, 3.63) is 30.3 Å². The molecule has 1 aromatic rings. The molecule has 0 aliphatic heterocycles. The van der Waals surface area contributed by atoms with Gasteiger partial charge in [-0.3, -0.25) is 9.11 Å². The molecule has 0 radical (unpaired) electrons. The number of hydrogen-bond acceptors (Lipinski definition) is 4. The second-order valence-electron chi connectivity index (χ2n) is 2.89. The summed E-state index contributed by atoms with van der Waals surface area (Å²) in [7, 11) is -9.08. The molecular formula is C8H8O6S2. The van der Waals surface area contributed by atoms with Crippen molar-refractivity contribution < 1.29 is 25.9 Å². The van der Waals surface area contributed by atoms with E-state index in [-0.39, 0.29) is 5.56 Å². The number of rotatable bonds is 3. The van der Waals surface area contributed by atoms with E-state index in [1.54, 1.807) is 0 Å². The van der Waals surface area contributed by atoms with Crippen LogP contribution >= 0.6 is 0 Å². The van der Waals surface area contributed by atoms with E-state index in [9.17, 15) is 16.8 Å². The van der Waals surface area contributed by atoms with E-state index < -0.39 is 30.0 Å². The zero-order chi connectivity index (χ0) is 12.6. The standard InChI is InChI=1S/C8H8O6S2/c1-2-6-3-7(15(9,10)11)5-8(4-6)16(12,13)14/h2-5H,1H2,(H,9,10,11)(H,12,13,14). The van der Waals surface area contributed by atoms with Crippen LogP contribution in [0.5, 0.6) is 0 Å². The van der Waals surface area contributed by atoms with E-state index in [1.165, 1.54) is 6.08 Å². The minimum Gasteiger partial charge on any atom is -0.282 e. The molecule has 0 fully saturated rings. The van der Waals surface area contributed by atoms with Crippen molar-refractivity contribution in [3.63, 3.8) is 0 Å². The summed E-state index contributed by atoms with van der Waals surface area (Å²) >= 11 is 0. The van der Waals surface area contributed by atoms with Crippen LogP contribution in [-0.4, -0.2) is 25.9 Å². The van der Waals surface area contributed by atoms with Crippen LogP contribution in [0.2, 0.25) is 0 Å². The van der Waals surface area contributed by atoms with Gasteiger partial charge < -0.3 is 0 Å². The summed E-state index contributed by atoms with van der Waals surface area (Å²) in [6.45, 7) is 3.32. The summed E-state index contributed by atoms with van der Waals surface area (Å²) in [4.78, 5) is -1.25. The highest BCUT2D eigenvalue weighted by atomic mass is 32.2. The lowest BCUT2D eigenvalue weighted by Gasteiger charge is -2.03. The van der Waals surface area contributed by atoms with Crippen molar-refractivity contribution in [3.8, 4) is 0 Å². The predicted octanol–water partition coefficient (Wildman–Crippen LogP) is 0.823. The fraction of sp³-hybridized carbons (Fsp3) is 0. The highest BCUT2D eigenvalue weighted by Crippen LogP contribution is 2.19. The Morgan fingerprint density at radius 2 is 1.31 bits per heavy atom. The highest BCUT2D eigenvalue weighted by Gasteiger charge is 2.17. The van der Waals surface area contributed by atoms with Gasteiger partial charge in [-0.2, -0.15) is 16.8 Å². The first-order valence-corrected chi connectivity index (χ1v) is 6.75. The maximum atomic E-state index is 10.8.